The lowest BCUT2D eigenvalue weighted by Gasteiger charge is -2.73. The molecule has 0 spiro atoms. The van der Waals surface area contributed by atoms with Gasteiger partial charge in [0.1, 0.15) is 0 Å². The molecule has 0 radical (unpaired) electrons. The Hall–Kier alpha value is -1.40. The first-order chi connectivity index (χ1) is 20.9. The van der Waals surface area contributed by atoms with E-state index in [1.807, 2.05) is 0 Å². The van der Waals surface area contributed by atoms with Crippen molar-refractivity contribution in [1.82, 2.24) is 5.32 Å². The monoisotopic (exact) mass is 605 g/mol. The van der Waals surface area contributed by atoms with Gasteiger partial charge in [0.25, 0.3) is 0 Å². The molecule has 1 N–H and O–H groups in total. The Morgan fingerprint density at radius 3 is 2.32 bits per heavy atom. The molecule has 0 unspecified atom stereocenters. The quantitative estimate of drug-likeness (QED) is 0.178. The van der Waals surface area contributed by atoms with Gasteiger partial charge in [-0.1, -0.05) is 46.8 Å². The number of rotatable bonds is 12. The molecular weight excluding hydrogens is 542 g/mol. The average molecular weight is 606 g/mol. The van der Waals surface area contributed by atoms with E-state index in [1.54, 1.807) is 0 Å². The highest BCUT2D eigenvalue weighted by atomic mass is 16.5. The van der Waals surface area contributed by atoms with Crippen molar-refractivity contribution in [2.24, 2.45) is 56.7 Å². The van der Waals surface area contributed by atoms with Gasteiger partial charge in [0.2, 0.25) is 0 Å². The molecular formula is C39H63N3O2. The number of allylic oxidation sites excluding steroid dienone is 1. The van der Waals surface area contributed by atoms with Gasteiger partial charge in [-0.25, -0.2) is 0 Å². The summed E-state index contributed by atoms with van der Waals surface area (Å²) in [5.41, 5.74) is 2.90. The normalized spacial score (nSPS) is 43.9. The van der Waals surface area contributed by atoms with Crippen molar-refractivity contribution in [3.8, 4) is 12.1 Å². The van der Waals surface area contributed by atoms with Crippen molar-refractivity contribution in [3.05, 3.63) is 12.2 Å². The third-order valence-electron chi connectivity index (χ3n) is 15.2. The van der Waals surface area contributed by atoms with Crippen LogP contribution in [0.1, 0.15) is 125 Å². The molecule has 0 aromatic carbocycles. The molecule has 5 fully saturated rings. The maximum absolute atomic E-state index is 9.10. The summed E-state index contributed by atoms with van der Waals surface area (Å²) in [4.78, 5) is 0. The van der Waals surface area contributed by atoms with Crippen molar-refractivity contribution in [3.63, 3.8) is 0 Å². The van der Waals surface area contributed by atoms with Gasteiger partial charge in [0.05, 0.1) is 37.9 Å². The number of hydrogen-bond donors (Lipinski definition) is 1. The predicted molar refractivity (Wildman–Crippen MR) is 177 cm³/mol. The number of hydrogen-bond acceptors (Lipinski definition) is 5. The van der Waals surface area contributed by atoms with Crippen LogP contribution >= 0.6 is 0 Å². The van der Waals surface area contributed by atoms with Gasteiger partial charge in [-0.3, -0.25) is 0 Å². The maximum atomic E-state index is 9.10. The van der Waals surface area contributed by atoms with E-state index in [9.17, 15) is 0 Å². The molecule has 0 aromatic heterocycles. The van der Waals surface area contributed by atoms with E-state index in [0.717, 1.165) is 51.0 Å². The van der Waals surface area contributed by atoms with Gasteiger partial charge in [-0.05, 0) is 141 Å². The molecule has 5 rings (SSSR count). The van der Waals surface area contributed by atoms with Crippen molar-refractivity contribution in [2.75, 3.05) is 32.9 Å². The van der Waals surface area contributed by atoms with E-state index in [1.165, 1.54) is 63.4 Å². The standard InChI is InChI=1S/C39H63N3O2/c1-28(2)29-13-18-39(27-43-25-10-24-42-23-8-21-40)20-19-37(6)30(34(29)39)11-12-32-36(5)16-15-33(44-26-9-22-41)35(3,4)31(36)14-17-38(32,37)7/h29-34,42H,1,8-20,23-27H2,2-7H3/t29-,30+,31-,32+,33-,34+,36-,37+,38+,39+/m0/s1. The molecule has 10 atom stereocenters. The Morgan fingerprint density at radius 2 is 1.59 bits per heavy atom. The van der Waals surface area contributed by atoms with Crippen LogP contribution in [0.3, 0.4) is 0 Å². The molecule has 246 valence electrons. The topological polar surface area (TPSA) is 78.1 Å². The zero-order valence-electron chi connectivity index (χ0n) is 29.1. The van der Waals surface area contributed by atoms with Crippen LogP contribution in [0, 0.1) is 79.3 Å². The fourth-order valence-electron chi connectivity index (χ4n) is 12.9. The molecule has 5 heteroatoms. The van der Waals surface area contributed by atoms with Crippen molar-refractivity contribution < 1.29 is 9.47 Å². The van der Waals surface area contributed by atoms with Crippen LogP contribution in [0.5, 0.6) is 0 Å². The van der Waals surface area contributed by atoms with Gasteiger partial charge in [-0.15, -0.1) is 0 Å². The molecule has 44 heavy (non-hydrogen) atoms. The van der Waals surface area contributed by atoms with E-state index in [4.69, 9.17) is 20.0 Å². The Labute approximate surface area is 269 Å². The first kappa shape index (κ1) is 33.9. The summed E-state index contributed by atoms with van der Waals surface area (Å²) in [5.74, 6) is 3.50. The molecule has 5 aliphatic carbocycles. The van der Waals surface area contributed by atoms with Crippen LogP contribution in [0.25, 0.3) is 0 Å². The summed E-state index contributed by atoms with van der Waals surface area (Å²) in [6.07, 6.45) is 15.3. The summed E-state index contributed by atoms with van der Waals surface area (Å²) in [5, 5.41) is 21.2. The number of nitrogens with zero attached hydrogens (tertiary/aromatic N) is 2. The van der Waals surface area contributed by atoms with E-state index in [-0.39, 0.29) is 11.5 Å². The molecule has 5 saturated carbocycles. The summed E-state index contributed by atoms with van der Waals surface area (Å²) in [6, 6.07) is 4.49. The summed E-state index contributed by atoms with van der Waals surface area (Å²) in [7, 11) is 0. The van der Waals surface area contributed by atoms with Crippen LogP contribution in [0.4, 0.5) is 0 Å². The minimum atomic E-state index is 0.141. The molecule has 0 amide bonds. The minimum Gasteiger partial charge on any atom is -0.381 e. The predicted octanol–water partition coefficient (Wildman–Crippen LogP) is 8.85. The molecule has 0 heterocycles. The van der Waals surface area contributed by atoms with Crippen molar-refractivity contribution >= 4 is 0 Å². The molecule has 0 saturated heterocycles. The van der Waals surface area contributed by atoms with Crippen LogP contribution in [0.15, 0.2) is 12.2 Å². The van der Waals surface area contributed by atoms with Gasteiger partial charge in [0, 0.05) is 19.6 Å². The second-order valence-electron chi connectivity index (χ2n) is 17.2. The highest BCUT2D eigenvalue weighted by molar-refractivity contribution is 5.21. The second-order valence-corrected chi connectivity index (χ2v) is 17.2. The van der Waals surface area contributed by atoms with Gasteiger partial charge < -0.3 is 14.8 Å². The lowest BCUT2D eigenvalue weighted by molar-refractivity contribution is -0.253. The first-order valence-corrected chi connectivity index (χ1v) is 18.2. The van der Waals surface area contributed by atoms with E-state index < -0.39 is 0 Å². The number of nitriles is 2. The Morgan fingerprint density at radius 1 is 0.818 bits per heavy atom. The fourth-order valence-corrected chi connectivity index (χ4v) is 12.9. The van der Waals surface area contributed by atoms with Crippen LogP contribution < -0.4 is 5.32 Å². The summed E-state index contributed by atoms with van der Waals surface area (Å²) < 4.78 is 13.0. The summed E-state index contributed by atoms with van der Waals surface area (Å²) >= 11 is 0. The molecule has 0 aliphatic heterocycles. The SMILES string of the molecule is C=C(C)[C@@H]1CC[C@]2(COCCCNCCC#N)CC[C@]3(C)[C@H](CC[C@@H]4[C@@]5(C)CC[C@H](OCCC#N)C(C)(C)[C@@H]5CC[C@]43C)[C@@H]12. The third kappa shape index (κ3) is 5.50. The first-order valence-electron chi connectivity index (χ1n) is 18.2. The van der Waals surface area contributed by atoms with Crippen LogP contribution in [-0.4, -0.2) is 39.0 Å². The highest BCUT2D eigenvalue weighted by Gasteiger charge is 2.70. The van der Waals surface area contributed by atoms with E-state index in [0.29, 0.717) is 58.9 Å². The lowest BCUT2D eigenvalue weighted by Crippen LogP contribution is -2.67. The Balaban J connectivity index is 1.34. The van der Waals surface area contributed by atoms with Crippen LogP contribution in [0.2, 0.25) is 0 Å². The Kier molecular flexibility index (Phi) is 10.0. The van der Waals surface area contributed by atoms with Gasteiger partial charge in [0.15, 0.2) is 0 Å². The number of fused-ring (bicyclic) bond motifs is 7. The van der Waals surface area contributed by atoms with Crippen LogP contribution in [-0.2, 0) is 9.47 Å². The zero-order chi connectivity index (χ0) is 31.8. The maximum Gasteiger partial charge on any atom is 0.0645 e. The zero-order valence-corrected chi connectivity index (χ0v) is 29.1. The van der Waals surface area contributed by atoms with Crippen molar-refractivity contribution in [2.45, 2.75) is 131 Å². The van der Waals surface area contributed by atoms with Gasteiger partial charge >= 0.3 is 0 Å². The minimum absolute atomic E-state index is 0.141. The summed E-state index contributed by atoms with van der Waals surface area (Å²) in [6.45, 7) is 24.0. The Bertz CT molecular complexity index is 1120. The number of nitrogens with one attached hydrogen (secondary N) is 1. The average Bonchev–Trinajstić information content (AvgIpc) is 3.36. The third-order valence-corrected chi connectivity index (χ3v) is 15.2. The largest absolute Gasteiger partial charge is 0.381 e. The lowest BCUT2D eigenvalue weighted by atomic mass is 9.32. The molecule has 0 aromatic rings. The van der Waals surface area contributed by atoms with E-state index in [2.05, 4.69) is 65.6 Å². The van der Waals surface area contributed by atoms with Gasteiger partial charge in [-0.2, -0.15) is 10.5 Å². The van der Waals surface area contributed by atoms with Crippen molar-refractivity contribution in [1.29, 1.82) is 10.5 Å². The second kappa shape index (κ2) is 13.0. The highest BCUT2D eigenvalue weighted by Crippen LogP contribution is 2.77. The molecule has 0 bridgehead atoms. The fraction of sp³-hybridized carbons (Fsp3) is 0.897. The number of ether oxygens (including phenoxy) is 2. The molecule has 5 nitrogen and oxygen atoms in total. The molecule has 5 aliphatic rings. The van der Waals surface area contributed by atoms with E-state index >= 15 is 0 Å². The smallest absolute Gasteiger partial charge is 0.0645 e.